The number of imidazole rings is 1. The van der Waals surface area contributed by atoms with E-state index < -0.39 is 5.60 Å². The molecule has 1 aliphatic rings. The van der Waals surface area contributed by atoms with Crippen LogP contribution in [-0.2, 0) is 4.74 Å². The Morgan fingerprint density at radius 1 is 1.63 bits per heavy atom. The van der Waals surface area contributed by atoms with E-state index in [-0.39, 0.29) is 12.1 Å². The van der Waals surface area contributed by atoms with Crippen molar-refractivity contribution in [2.24, 2.45) is 0 Å². The number of likely N-dealkylation sites (tertiary alicyclic amines) is 1. The summed E-state index contributed by atoms with van der Waals surface area (Å²) in [5.41, 5.74) is 0.461. The molecule has 1 N–H and O–H groups in total. The van der Waals surface area contributed by atoms with E-state index in [2.05, 4.69) is 32.5 Å². The van der Waals surface area contributed by atoms with Crippen LogP contribution in [0.5, 0.6) is 0 Å². The second-order valence-corrected chi connectivity index (χ2v) is 6.46. The van der Waals surface area contributed by atoms with Crippen LogP contribution in [0.4, 0.5) is 4.79 Å². The van der Waals surface area contributed by atoms with Crippen molar-refractivity contribution in [3.8, 4) is 0 Å². The Hall–Kier alpha value is -1.30. The highest BCUT2D eigenvalue weighted by atomic mass is 79.9. The summed E-state index contributed by atoms with van der Waals surface area (Å²) < 4.78 is 6.20. The van der Waals surface area contributed by atoms with Crippen molar-refractivity contribution < 1.29 is 9.53 Å². The largest absolute Gasteiger partial charge is 0.444 e. The molecule has 1 fully saturated rings. The topological polar surface area (TPSA) is 58.2 Å². The Labute approximate surface area is 121 Å². The van der Waals surface area contributed by atoms with E-state index in [1.807, 2.05) is 20.8 Å². The molecule has 5 nitrogen and oxygen atoms in total. The Morgan fingerprint density at radius 2 is 2.32 bits per heavy atom. The number of H-pyrrole nitrogens is 1. The van der Waals surface area contributed by atoms with Crippen molar-refractivity contribution in [2.75, 3.05) is 6.54 Å². The smallest absolute Gasteiger partial charge is 0.411 e. The third kappa shape index (κ3) is 3.18. The van der Waals surface area contributed by atoms with Crippen molar-refractivity contribution in [1.29, 1.82) is 0 Å². The normalized spacial score (nSPS) is 19.9. The van der Waals surface area contributed by atoms with Gasteiger partial charge in [-0.3, -0.25) is 4.90 Å². The van der Waals surface area contributed by atoms with Gasteiger partial charge in [0.1, 0.15) is 22.1 Å². The van der Waals surface area contributed by atoms with Crippen molar-refractivity contribution in [1.82, 2.24) is 14.9 Å². The molecule has 104 valence electrons. The standard InChI is InChI=1S/C13H18BrN3O2/c1-8-5-6-17(12(18)19-13(2,3)4)10(8)11-15-7-9(14)16-11/h7,10H,1,5-6H2,2-4H3,(H,15,16)/t10-/m0/s1. The zero-order valence-corrected chi connectivity index (χ0v) is 13.0. The SMILES string of the molecule is C=C1CCN(C(=O)OC(C)(C)C)[C@@H]1c1ncc(Br)[nH]1. The van der Waals surface area contributed by atoms with Gasteiger partial charge in [0.05, 0.1) is 6.20 Å². The van der Waals surface area contributed by atoms with Crippen molar-refractivity contribution in [3.05, 3.63) is 28.8 Å². The monoisotopic (exact) mass is 327 g/mol. The first-order chi connectivity index (χ1) is 8.78. The van der Waals surface area contributed by atoms with Gasteiger partial charge in [-0.2, -0.15) is 0 Å². The maximum atomic E-state index is 12.2. The predicted molar refractivity (Wildman–Crippen MR) is 75.7 cm³/mol. The summed E-state index contributed by atoms with van der Waals surface area (Å²) in [6.45, 7) is 10.2. The highest BCUT2D eigenvalue weighted by Crippen LogP contribution is 2.35. The number of amides is 1. The lowest BCUT2D eigenvalue weighted by molar-refractivity contribution is 0.0231. The Bertz CT molecular complexity index is 504. The van der Waals surface area contributed by atoms with Crippen LogP contribution >= 0.6 is 15.9 Å². The number of halogens is 1. The Balaban J connectivity index is 2.20. The van der Waals surface area contributed by atoms with Crippen molar-refractivity contribution >= 4 is 22.0 Å². The molecule has 1 amide bonds. The average Bonchev–Trinajstić information content (AvgIpc) is 2.81. The molecule has 0 radical (unpaired) electrons. The molecule has 0 saturated carbocycles. The van der Waals surface area contributed by atoms with Crippen LogP contribution in [0.15, 0.2) is 23.0 Å². The quantitative estimate of drug-likeness (QED) is 0.804. The van der Waals surface area contributed by atoms with Crippen LogP contribution in [0.25, 0.3) is 0 Å². The molecule has 0 aromatic carbocycles. The van der Waals surface area contributed by atoms with Gasteiger partial charge in [-0.15, -0.1) is 0 Å². The van der Waals surface area contributed by atoms with Gasteiger partial charge >= 0.3 is 6.09 Å². The van der Waals surface area contributed by atoms with E-state index in [0.29, 0.717) is 12.4 Å². The van der Waals surface area contributed by atoms with Gasteiger partial charge in [0, 0.05) is 6.54 Å². The molecule has 19 heavy (non-hydrogen) atoms. The van der Waals surface area contributed by atoms with Gasteiger partial charge in [-0.1, -0.05) is 6.58 Å². The number of ether oxygens (including phenoxy) is 1. The Morgan fingerprint density at radius 3 is 2.84 bits per heavy atom. The first-order valence-corrected chi connectivity index (χ1v) is 6.95. The first kappa shape index (κ1) is 14.1. The molecule has 1 aromatic heterocycles. The molecule has 0 bridgehead atoms. The van der Waals surface area contributed by atoms with E-state index in [4.69, 9.17) is 4.74 Å². The van der Waals surface area contributed by atoms with E-state index in [9.17, 15) is 4.79 Å². The van der Waals surface area contributed by atoms with Crippen LogP contribution in [-0.4, -0.2) is 33.1 Å². The zero-order valence-electron chi connectivity index (χ0n) is 11.4. The second kappa shape index (κ2) is 5.00. The van der Waals surface area contributed by atoms with Gasteiger partial charge in [0.2, 0.25) is 0 Å². The third-order valence-electron chi connectivity index (χ3n) is 2.82. The molecule has 2 rings (SSSR count). The van der Waals surface area contributed by atoms with Gasteiger partial charge < -0.3 is 9.72 Å². The number of nitrogens with zero attached hydrogens (tertiary/aromatic N) is 2. The minimum atomic E-state index is -0.505. The Kier molecular flexibility index (Phi) is 3.71. The van der Waals surface area contributed by atoms with Crippen LogP contribution in [0.1, 0.15) is 39.1 Å². The molecular formula is C13H18BrN3O2. The van der Waals surface area contributed by atoms with Gasteiger partial charge in [0.25, 0.3) is 0 Å². The summed E-state index contributed by atoms with van der Waals surface area (Å²) in [5.74, 6) is 0.709. The van der Waals surface area contributed by atoms with Crippen molar-refractivity contribution in [3.63, 3.8) is 0 Å². The highest BCUT2D eigenvalue weighted by molar-refractivity contribution is 9.10. The number of aromatic nitrogens is 2. The van der Waals surface area contributed by atoms with Crippen molar-refractivity contribution in [2.45, 2.75) is 38.8 Å². The lowest BCUT2D eigenvalue weighted by Crippen LogP contribution is -2.36. The summed E-state index contributed by atoms with van der Waals surface area (Å²) in [6, 6.07) is -0.235. The maximum absolute atomic E-state index is 12.2. The number of rotatable bonds is 1. The average molecular weight is 328 g/mol. The summed E-state index contributed by atoms with van der Waals surface area (Å²) in [7, 11) is 0. The molecule has 1 aliphatic heterocycles. The fourth-order valence-electron chi connectivity index (χ4n) is 2.06. The molecule has 6 heteroatoms. The number of nitrogens with one attached hydrogen (secondary N) is 1. The van der Waals surface area contributed by atoms with Gasteiger partial charge in [0.15, 0.2) is 0 Å². The molecule has 2 heterocycles. The second-order valence-electron chi connectivity index (χ2n) is 5.60. The van der Waals surface area contributed by atoms with Gasteiger partial charge in [-0.05, 0) is 48.7 Å². The number of carbonyl (C=O) groups is 1. The lowest BCUT2D eigenvalue weighted by atomic mass is 10.1. The molecule has 0 unspecified atom stereocenters. The molecule has 0 spiro atoms. The molecule has 1 atom stereocenters. The minimum Gasteiger partial charge on any atom is -0.444 e. The van der Waals surface area contributed by atoms with Crippen LogP contribution in [0.3, 0.4) is 0 Å². The van der Waals surface area contributed by atoms with E-state index in [1.54, 1.807) is 11.1 Å². The summed E-state index contributed by atoms with van der Waals surface area (Å²) in [6.07, 6.45) is 2.11. The summed E-state index contributed by atoms with van der Waals surface area (Å²) >= 11 is 3.32. The molecule has 0 aliphatic carbocycles. The number of hydrogen-bond donors (Lipinski definition) is 1. The summed E-state index contributed by atoms with van der Waals surface area (Å²) in [4.78, 5) is 21.2. The maximum Gasteiger partial charge on any atom is 0.411 e. The first-order valence-electron chi connectivity index (χ1n) is 6.15. The molecule has 1 aromatic rings. The fraction of sp³-hybridized carbons (Fsp3) is 0.538. The van der Waals surface area contributed by atoms with Gasteiger partial charge in [-0.25, -0.2) is 9.78 Å². The number of hydrogen-bond acceptors (Lipinski definition) is 3. The third-order valence-corrected chi connectivity index (χ3v) is 3.23. The fourth-order valence-corrected chi connectivity index (χ4v) is 2.37. The predicted octanol–water partition coefficient (Wildman–Crippen LogP) is 3.41. The zero-order chi connectivity index (χ0) is 14.2. The van der Waals surface area contributed by atoms with Crippen LogP contribution in [0, 0.1) is 0 Å². The number of aromatic amines is 1. The van der Waals surface area contributed by atoms with Crippen LogP contribution in [0.2, 0.25) is 0 Å². The van der Waals surface area contributed by atoms with E-state index >= 15 is 0 Å². The number of carbonyl (C=O) groups excluding carboxylic acids is 1. The van der Waals surface area contributed by atoms with E-state index in [0.717, 1.165) is 16.6 Å². The minimum absolute atomic E-state index is 0.235. The highest BCUT2D eigenvalue weighted by Gasteiger charge is 2.37. The van der Waals surface area contributed by atoms with Crippen LogP contribution < -0.4 is 0 Å². The van der Waals surface area contributed by atoms with E-state index in [1.165, 1.54) is 0 Å². The lowest BCUT2D eigenvalue weighted by Gasteiger charge is -2.27. The molecular weight excluding hydrogens is 310 g/mol. The molecule has 1 saturated heterocycles. The summed E-state index contributed by atoms with van der Waals surface area (Å²) in [5, 5.41) is 0.